The quantitative estimate of drug-likeness (QED) is 0.508. The minimum atomic E-state index is -0.987. The summed E-state index contributed by atoms with van der Waals surface area (Å²) in [6.45, 7) is 3.07. The van der Waals surface area contributed by atoms with Gasteiger partial charge in [-0.05, 0) is 28.9 Å². The average Bonchev–Trinajstić information content (AvgIpc) is 3.52. The number of hydrogen-bond donors (Lipinski definition) is 2. The van der Waals surface area contributed by atoms with Gasteiger partial charge >= 0.3 is 6.03 Å². The zero-order valence-corrected chi connectivity index (χ0v) is 20.0. The van der Waals surface area contributed by atoms with Gasteiger partial charge in [0.2, 0.25) is 0 Å². The summed E-state index contributed by atoms with van der Waals surface area (Å²) in [4.78, 5) is 15.6. The Hall–Kier alpha value is -2.85. The highest BCUT2D eigenvalue weighted by Crippen LogP contribution is 2.33. The summed E-state index contributed by atoms with van der Waals surface area (Å²) in [7, 11) is 1.70. The standard InChI is InChI=1S/C25H29N5O3S/c1-33-13-12-29-14-20(18-8-4-2-5-9-18)22(15-29)26-25(31)27-24-21-16-34(32)17-23(21)28-30(24)19-10-6-3-7-11-19/h2-11,20,22H,12-17H2,1H3,(H2,26,27,31)/t20-,22+,34?/m0/s1. The topological polar surface area (TPSA) is 94.5 Å². The Morgan fingerprint density at radius 1 is 1.12 bits per heavy atom. The molecule has 1 unspecified atom stereocenters. The van der Waals surface area contributed by atoms with Crippen molar-refractivity contribution in [3.05, 3.63) is 77.5 Å². The monoisotopic (exact) mass is 479 g/mol. The summed E-state index contributed by atoms with van der Waals surface area (Å²) in [6, 6.07) is 19.7. The minimum absolute atomic E-state index is 0.0467. The molecular formula is C25H29N5O3S. The maximum absolute atomic E-state index is 13.2. The lowest BCUT2D eigenvalue weighted by molar-refractivity contribution is 0.159. The van der Waals surface area contributed by atoms with Gasteiger partial charge in [0, 0.05) is 32.7 Å². The van der Waals surface area contributed by atoms with Crippen molar-refractivity contribution in [3.8, 4) is 5.69 Å². The van der Waals surface area contributed by atoms with Crippen molar-refractivity contribution in [3.63, 3.8) is 0 Å². The Bertz CT molecular complexity index is 1120. The molecule has 3 aromatic rings. The van der Waals surface area contributed by atoms with E-state index in [0.717, 1.165) is 36.6 Å². The van der Waals surface area contributed by atoms with Crippen LogP contribution in [0.25, 0.3) is 5.69 Å². The van der Waals surface area contributed by atoms with E-state index in [2.05, 4.69) is 32.8 Å². The Balaban J connectivity index is 1.36. The second-order valence-corrected chi connectivity index (χ2v) is 10.2. The van der Waals surface area contributed by atoms with Crippen LogP contribution in [0.3, 0.4) is 0 Å². The average molecular weight is 480 g/mol. The number of fused-ring (bicyclic) bond motifs is 1. The van der Waals surface area contributed by atoms with Gasteiger partial charge in [-0.2, -0.15) is 5.10 Å². The molecule has 1 fully saturated rings. The van der Waals surface area contributed by atoms with E-state index in [4.69, 9.17) is 4.74 Å². The van der Waals surface area contributed by atoms with Crippen LogP contribution >= 0.6 is 0 Å². The zero-order chi connectivity index (χ0) is 23.5. The molecule has 0 bridgehead atoms. The first-order chi connectivity index (χ1) is 16.6. The summed E-state index contributed by atoms with van der Waals surface area (Å²) < 4.78 is 19.2. The number of carbonyl (C=O) groups excluding carboxylic acids is 1. The number of ether oxygens (including phenoxy) is 1. The first-order valence-electron chi connectivity index (χ1n) is 11.5. The SMILES string of the molecule is COCCN1C[C@@H](NC(=O)Nc2c3c(nn2-c2ccccc2)C[S+]([O-])C3)[C@H](c2ccccc2)C1. The lowest BCUT2D eigenvalue weighted by Gasteiger charge is -2.21. The van der Waals surface area contributed by atoms with Gasteiger partial charge in [0.15, 0.2) is 0 Å². The van der Waals surface area contributed by atoms with E-state index < -0.39 is 11.2 Å². The molecule has 0 spiro atoms. The molecule has 9 heteroatoms. The number of methoxy groups -OCH3 is 1. The minimum Gasteiger partial charge on any atom is -0.616 e. The molecule has 2 N–H and O–H groups in total. The lowest BCUT2D eigenvalue weighted by atomic mass is 9.94. The molecule has 0 saturated carbocycles. The van der Waals surface area contributed by atoms with Gasteiger partial charge in [0.05, 0.1) is 23.9 Å². The van der Waals surface area contributed by atoms with Crippen LogP contribution in [0.2, 0.25) is 0 Å². The van der Waals surface area contributed by atoms with Crippen molar-refractivity contribution >= 4 is 23.0 Å². The fourth-order valence-electron chi connectivity index (χ4n) is 4.80. The van der Waals surface area contributed by atoms with Gasteiger partial charge in [0.1, 0.15) is 23.0 Å². The Kier molecular flexibility index (Phi) is 6.87. The number of nitrogens with one attached hydrogen (secondary N) is 2. The van der Waals surface area contributed by atoms with Gasteiger partial charge in [-0.3, -0.25) is 10.2 Å². The molecule has 0 radical (unpaired) electrons. The number of hydrogen-bond acceptors (Lipinski definition) is 5. The number of benzene rings is 2. The molecule has 8 nitrogen and oxygen atoms in total. The number of likely N-dealkylation sites (tertiary alicyclic amines) is 1. The van der Waals surface area contributed by atoms with Crippen molar-refractivity contribution in [2.45, 2.75) is 23.5 Å². The Labute approximate surface area is 202 Å². The van der Waals surface area contributed by atoms with Crippen LogP contribution in [0, 0.1) is 0 Å². The molecule has 2 aliphatic rings. The molecule has 1 aromatic heterocycles. The summed E-state index contributed by atoms with van der Waals surface area (Å²) in [5, 5.41) is 10.9. The summed E-state index contributed by atoms with van der Waals surface area (Å²) in [5.74, 6) is 1.59. The van der Waals surface area contributed by atoms with Crippen molar-refractivity contribution in [1.29, 1.82) is 0 Å². The third-order valence-electron chi connectivity index (χ3n) is 6.45. The van der Waals surface area contributed by atoms with Crippen LogP contribution in [0.5, 0.6) is 0 Å². The molecule has 2 amide bonds. The molecule has 3 atom stereocenters. The number of nitrogens with zero attached hydrogens (tertiary/aromatic N) is 3. The van der Waals surface area contributed by atoms with Crippen LogP contribution in [-0.4, -0.2) is 64.7 Å². The van der Waals surface area contributed by atoms with Gasteiger partial charge in [-0.25, -0.2) is 9.48 Å². The highest BCUT2D eigenvalue weighted by atomic mass is 32.2. The maximum Gasteiger partial charge on any atom is 0.320 e. The van der Waals surface area contributed by atoms with Crippen molar-refractivity contribution in [1.82, 2.24) is 20.0 Å². The first kappa shape index (κ1) is 22.9. The predicted octanol–water partition coefficient (Wildman–Crippen LogP) is 2.87. The van der Waals surface area contributed by atoms with Gasteiger partial charge in [-0.15, -0.1) is 0 Å². The third kappa shape index (κ3) is 4.83. The van der Waals surface area contributed by atoms with Crippen LogP contribution < -0.4 is 10.6 Å². The normalized spacial score (nSPS) is 22.0. The number of para-hydroxylation sites is 1. The number of aromatic nitrogens is 2. The van der Waals surface area contributed by atoms with E-state index in [9.17, 15) is 9.35 Å². The van der Waals surface area contributed by atoms with Crippen LogP contribution in [-0.2, 0) is 27.4 Å². The van der Waals surface area contributed by atoms with E-state index in [1.165, 1.54) is 5.56 Å². The third-order valence-corrected chi connectivity index (χ3v) is 7.66. The van der Waals surface area contributed by atoms with Crippen LogP contribution in [0.4, 0.5) is 10.6 Å². The predicted molar refractivity (Wildman–Crippen MR) is 133 cm³/mol. The fraction of sp³-hybridized carbons (Fsp3) is 0.360. The van der Waals surface area contributed by atoms with E-state index in [1.807, 2.05) is 48.5 Å². The summed E-state index contributed by atoms with van der Waals surface area (Å²) in [6.07, 6.45) is 0. The van der Waals surface area contributed by atoms with E-state index in [1.54, 1.807) is 11.8 Å². The fourth-order valence-corrected chi connectivity index (χ4v) is 6.06. The summed E-state index contributed by atoms with van der Waals surface area (Å²) in [5.41, 5.74) is 3.70. The number of carbonyl (C=O) groups is 1. The number of amides is 2. The molecule has 178 valence electrons. The zero-order valence-electron chi connectivity index (χ0n) is 19.1. The number of anilines is 1. The van der Waals surface area contributed by atoms with E-state index in [-0.39, 0.29) is 18.0 Å². The van der Waals surface area contributed by atoms with Gasteiger partial charge < -0.3 is 14.6 Å². The van der Waals surface area contributed by atoms with E-state index >= 15 is 0 Å². The Morgan fingerprint density at radius 3 is 2.59 bits per heavy atom. The number of urea groups is 1. The first-order valence-corrected chi connectivity index (χ1v) is 13.0. The second kappa shape index (κ2) is 10.2. The van der Waals surface area contributed by atoms with Gasteiger partial charge in [0.25, 0.3) is 0 Å². The molecule has 5 rings (SSSR count). The highest BCUT2D eigenvalue weighted by Gasteiger charge is 2.36. The van der Waals surface area contributed by atoms with Crippen molar-refractivity contribution in [2.24, 2.45) is 0 Å². The van der Waals surface area contributed by atoms with Crippen LogP contribution in [0.1, 0.15) is 22.7 Å². The molecular weight excluding hydrogens is 450 g/mol. The second-order valence-electron chi connectivity index (χ2n) is 8.72. The molecule has 2 aliphatic heterocycles. The largest absolute Gasteiger partial charge is 0.616 e. The van der Waals surface area contributed by atoms with Crippen LogP contribution in [0.15, 0.2) is 60.7 Å². The molecule has 3 heterocycles. The van der Waals surface area contributed by atoms with Crippen molar-refractivity contribution in [2.75, 3.05) is 38.7 Å². The van der Waals surface area contributed by atoms with E-state index in [0.29, 0.717) is 23.9 Å². The van der Waals surface area contributed by atoms with Gasteiger partial charge in [-0.1, -0.05) is 48.5 Å². The number of rotatable bonds is 7. The molecule has 2 aromatic carbocycles. The summed E-state index contributed by atoms with van der Waals surface area (Å²) >= 11 is -0.987. The maximum atomic E-state index is 13.2. The highest BCUT2D eigenvalue weighted by molar-refractivity contribution is 7.90. The lowest BCUT2D eigenvalue weighted by Crippen LogP contribution is -2.42. The molecule has 34 heavy (non-hydrogen) atoms. The smallest absolute Gasteiger partial charge is 0.320 e. The molecule has 0 aliphatic carbocycles. The Morgan fingerprint density at radius 2 is 1.85 bits per heavy atom. The van der Waals surface area contributed by atoms with Crippen molar-refractivity contribution < 1.29 is 14.1 Å². The molecule has 1 saturated heterocycles.